The van der Waals surface area contributed by atoms with Crippen LogP contribution in [0.1, 0.15) is 31.4 Å². The summed E-state index contributed by atoms with van der Waals surface area (Å²) in [5.74, 6) is 0. The fourth-order valence-corrected chi connectivity index (χ4v) is 2.14. The molecule has 1 unspecified atom stereocenters. The molecule has 0 aliphatic rings. The van der Waals surface area contributed by atoms with Gasteiger partial charge in [-0.25, -0.2) is 0 Å². The average molecular weight is 281 g/mol. The number of hydrogen-bond acceptors (Lipinski definition) is 2. The molecule has 0 N–H and O–H groups in total. The summed E-state index contributed by atoms with van der Waals surface area (Å²) in [6.45, 7) is 3.11. The summed E-state index contributed by atoms with van der Waals surface area (Å²) in [5.41, 5.74) is 1.05. The second kappa shape index (κ2) is 6.67. The van der Waals surface area contributed by atoms with Crippen molar-refractivity contribution in [3.63, 3.8) is 0 Å². The lowest BCUT2D eigenvalue weighted by Crippen LogP contribution is -2.24. The van der Waals surface area contributed by atoms with Crippen molar-refractivity contribution in [2.24, 2.45) is 0 Å². The fourth-order valence-electron chi connectivity index (χ4n) is 1.64. The summed E-state index contributed by atoms with van der Waals surface area (Å²) in [6, 6.07) is 10.1. The van der Waals surface area contributed by atoms with E-state index in [0.29, 0.717) is 0 Å². The van der Waals surface area contributed by atoms with Gasteiger partial charge in [-0.1, -0.05) is 47.5 Å². The summed E-state index contributed by atoms with van der Waals surface area (Å²) >= 11 is 3.50. The standard InChI is InChI=1S/C13H17BrN2/c1-3-4-9-16(2)13(10-15)11-7-5-6-8-12(11)14/h5-8,13H,3-4,9H2,1-2H3. The third-order valence-corrected chi connectivity index (χ3v) is 3.35. The minimum Gasteiger partial charge on any atom is -0.287 e. The van der Waals surface area contributed by atoms with Crippen molar-refractivity contribution in [1.82, 2.24) is 4.90 Å². The highest BCUT2D eigenvalue weighted by molar-refractivity contribution is 9.10. The molecule has 2 nitrogen and oxygen atoms in total. The number of nitrogens with zero attached hydrogens (tertiary/aromatic N) is 2. The topological polar surface area (TPSA) is 27.0 Å². The Morgan fingerprint density at radius 2 is 2.12 bits per heavy atom. The van der Waals surface area contributed by atoms with Crippen LogP contribution in [-0.2, 0) is 0 Å². The molecule has 16 heavy (non-hydrogen) atoms. The Kier molecular flexibility index (Phi) is 5.51. The van der Waals surface area contributed by atoms with Crippen LogP contribution in [0, 0.1) is 11.3 Å². The van der Waals surface area contributed by atoms with Crippen LogP contribution < -0.4 is 0 Å². The molecule has 0 spiro atoms. The van der Waals surface area contributed by atoms with Crippen molar-refractivity contribution in [2.45, 2.75) is 25.8 Å². The van der Waals surface area contributed by atoms with Crippen LogP contribution >= 0.6 is 15.9 Å². The molecule has 1 rings (SSSR count). The predicted octanol–water partition coefficient (Wildman–Crippen LogP) is 3.75. The summed E-state index contributed by atoms with van der Waals surface area (Å²) in [6.07, 6.45) is 2.28. The van der Waals surface area contributed by atoms with Gasteiger partial charge in [-0.2, -0.15) is 5.26 Å². The summed E-state index contributed by atoms with van der Waals surface area (Å²) in [7, 11) is 2.00. The second-order valence-corrected chi connectivity index (χ2v) is 4.74. The third-order valence-electron chi connectivity index (χ3n) is 2.63. The highest BCUT2D eigenvalue weighted by Gasteiger charge is 2.17. The summed E-state index contributed by atoms with van der Waals surface area (Å²) < 4.78 is 1.00. The van der Waals surface area contributed by atoms with Crippen LogP contribution in [0.2, 0.25) is 0 Å². The van der Waals surface area contributed by atoms with Gasteiger partial charge < -0.3 is 0 Å². The lowest BCUT2D eigenvalue weighted by atomic mass is 10.1. The highest BCUT2D eigenvalue weighted by Crippen LogP contribution is 2.26. The smallest absolute Gasteiger partial charge is 0.124 e. The van der Waals surface area contributed by atoms with Crippen LogP contribution in [0.3, 0.4) is 0 Å². The molecule has 0 aliphatic heterocycles. The Balaban J connectivity index is 2.83. The van der Waals surface area contributed by atoms with Gasteiger partial charge >= 0.3 is 0 Å². The average Bonchev–Trinajstić information content (AvgIpc) is 2.30. The van der Waals surface area contributed by atoms with Crippen LogP contribution in [0.15, 0.2) is 28.7 Å². The quantitative estimate of drug-likeness (QED) is 0.822. The zero-order valence-corrected chi connectivity index (χ0v) is 11.4. The van der Waals surface area contributed by atoms with Gasteiger partial charge in [-0.3, -0.25) is 4.90 Å². The number of hydrogen-bond donors (Lipinski definition) is 0. The van der Waals surface area contributed by atoms with Gasteiger partial charge in [0, 0.05) is 4.47 Å². The van der Waals surface area contributed by atoms with Crippen molar-refractivity contribution in [3.05, 3.63) is 34.3 Å². The molecule has 3 heteroatoms. The zero-order chi connectivity index (χ0) is 12.0. The molecule has 0 radical (unpaired) electrons. The molecule has 0 fully saturated rings. The minimum atomic E-state index is -0.165. The Hall–Kier alpha value is -0.850. The molecule has 1 atom stereocenters. The van der Waals surface area contributed by atoms with Gasteiger partial charge in [0.05, 0.1) is 6.07 Å². The fraction of sp³-hybridized carbons (Fsp3) is 0.462. The van der Waals surface area contributed by atoms with Gasteiger partial charge in [0.2, 0.25) is 0 Å². The van der Waals surface area contributed by atoms with Crippen molar-refractivity contribution in [2.75, 3.05) is 13.6 Å². The lowest BCUT2D eigenvalue weighted by molar-refractivity contribution is 0.286. The Bertz CT molecular complexity index is 370. The highest BCUT2D eigenvalue weighted by atomic mass is 79.9. The minimum absolute atomic E-state index is 0.165. The normalized spacial score (nSPS) is 12.4. The molecule has 0 amide bonds. The molecule has 0 saturated heterocycles. The largest absolute Gasteiger partial charge is 0.287 e. The monoisotopic (exact) mass is 280 g/mol. The number of benzene rings is 1. The molecular weight excluding hydrogens is 264 g/mol. The lowest BCUT2D eigenvalue weighted by Gasteiger charge is -2.23. The molecule has 0 aromatic heterocycles. The van der Waals surface area contributed by atoms with Crippen molar-refractivity contribution < 1.29 is 0 Å². The maximum Gasteiger partial charge on any atom is 0.124 e. The van der Waals surface area contributed by atoms with E-state index in [0.717, 1.165) is 29.4 Å². The van der Waals surface area contributed by atoms with Crippen molar-refractivity contribution in [1.29, 1.82) is 5.26 Å². The van der Waals surface area contributed by atoms with E-state index in [9.17, 15) is 5.26 Å². The first-order valence-corrected chi connectivity index (χ1v) is 6.34. The SMILES string of the molecule is CCCCN(C)C(C#N)c1ccccc1Br. The van der Waals surface area contributed by atoms with Crippen LogP contribution in [-0.4, -0.2) is 18.5 Å². The maximum atomic E-state index is 9.26. The van der Waals surface area contributed by atoms with Crippen molar-refractivity contribution >= 4 is 15.9 Å². The molecule has 0 heterocycles. The van der Waals surface area contributed by atoms with Gasteiger partial charge in [0.25, 0.3) is 0 Å². The maximum absolute atomic E-state index is 9.26. The second-order valence-electron chi connectivity index (χ2n) is 3.89. The van der Waals surface area contributed by atoms with Gasteiger partial charge in [-0.05, 0) is 31.6 Å². The summed E-state index contributed by atoms with van der Waals surface area (Å²) in [5, 5.41) is 9.26. The van der Waals surface area contributed by atoms with Crippen LogP contribution in [0.4, 0.5) is 0 Å². The zero-order valence-electron chi connectivity index (χ0n) is 9.78. The number of halogens is 1. The number of nitriles is 1. The van der Waals surface area contributed by atoms with Gasteiger partial charge in [-0.15, -0.1) is 0 Å². The molecule has 86 valence electrons. The Morgan fingerprint density at radius 1 is 1.44 bits per heavy atom. The molecule has 1 aromatic rings. The third kappa shape index (κ3) is 3.33. The van der Waals surface area contributed by atoms with Gasteiger partial charge in [0.15, 0.2) is 0 Å². The van der Waals surface area contributed by atoms with E-state index in [1.807, 2.05) is 31.3 Å². The van der Waals surface area contributed by atoms with E-state index in [4.69, 9.17) is 0 Å². The molecular formula is C13H17BrN2. The van der Waals surface area contributed by atoms with E-state index in [1.54, 1.807) is 0 Å². The van der Waals surface area contributed by atoms with Crippen molar-refractivity contribution in [3.8, 4) is 6.07 Å². The van der Waals surface area contributed by atoms with E-state index in [2.05, 4.69) is 33.8 Å². The number of unbranched alkanes of at least 4 members (excludes halogenated alkanes) is 1. The molecule has 0 aliphatic carbocycles. The van der Waals surface area contributed by atoms with Gasteiger partial charge in [0.1, 0.15) is 6.04 Å². The Labute approximate surface area is 106 Å². The Morgan fingerprint density at radius 3 is 2.69 bits per heavy atom. The summed E-state index contributed by atoms with van der Waals surface area (Å²) in [4.78, 5) is 2.10. The first-order valence-electron chi connectivity index (χ1n) is 5.55. The van der Waals surface area contributed by atoms with E-state index >= 15 is 0 Å². The van der Waals surface area contributed by atoms with E-state index in [1.165, 1.54) is 0 Å². The first kappa shape index (κ1) is 13.2. The number of rotatable bonds is 5. The first-order chi connectivity index (χ1) is 7.70. The van der Waals surface area contributed by atoms with Crippen LogP contribution in [0.5, 0.6) is 0 Å². The van der Waals surface area contributed by atoms with E-state index < -0.39 is 0 Å². The van der Waals surface area contributed by atoms with Crippen LogP contribution in [0.25, 0.3) is 0 Å². The predicted molar refractivity (Wildman–Crippen MR) is 70.0 cm³/mol. The molecule has 0 bridgehead atoms. The molecule has 0 saturated carbocycles. The molecule has 1 aromatic carbocycles. The van der Waals surface area contributed by atoms with E-state index in [-0.39, 0.29) is 6.04 Å².